The molecule has 1 nitrogen and oxygen atoms in total. The van der Waals surface area contributed by atoms with E-state index >= 15 is 0 Å². The van der Waals surface area contributed by atoms with Gasteiger partial charge in [-0.05, 0) is 41.9 Å². The molecule has 94 valence electrons. The van der Waals surface area contributed by atoms with E-state index in [-0.39, 0.29) is 5.41 Å². The Hall–Kier alpha value is -0.530. The van der Waals surface area contributed by atoms with Gasteiger partial charge in [0.15, 0.2) is 0 Å². The van der Waals surface area contributed by atoms with E-state index in [1.54, 1.807) is 0 Å². The predicted octanol–water partition coefficient (Wildman–Crippen LogP) is 4.07. The van der Waals surface area contributed by atoms with Crippen molar-refractivity contribution in [2.75, 3.05) is 0 Å². The maximum Gasteiger partial charge on any atom is 0.0718 e. The maximum atomic E-state index is 10.8. The van der Waals surface area contributed by atoms with Crippen molar-refractivity contribution >= 4 is 11.6 Å². The number of rotatable bonds is 2. The minimum atomic E-state index is -0.575. The second-order valence-electron chi connectivity index (χ2n) is 6.36. The zero-order valence-electron chi connectivity index (χ0n) is 10.8. The van der Waals surface area contributed by atoms with E-state index < -0.39 is 5.60 Å². The molecule has 1 N–H and O–H groups in total. The molecule has 1 aromatic rings. The fourth-order valence-electron chi connectivity index (χ4n) is 3.33. The molecule has 1 aliphatic carbocycles. The van der Waals surface area contributed by atoms with E-state index in [1.165, 1.54) is 0 Å². The summed E-state index contributed by atoms with van der Waals surface area (Å²) in [5.41, 5.74) is 0.797. The van der Waals surface area contributed by atoms with Crippen molar-refractivity contribution in [3.05, 3.63) is 34.9 Å². The second kappa shape index (κ2) is 4.29. The van der Waals surface area contributed by atoms with Crippen LogP contribution in [0.25, 0.3) is 0 Å². The zero-order chi connectivity index (χ0) is 12.7. The van der Waals surface area contributed by atoms with E-state index in [9.17, 15) is 5.11 Å². The molecule has 1 saturated carbocycles. The van der Waals surface area contributed by atoms with Crippen molar-refractivity contribution in [2.24, 2.45) is 11.3 Å². The Morgan fingerprint density at radius 2 is 2.12 bits per heavy atom. The Morgan fingerprint density at radius 3 is 2.65 bits per heavy atom. The number of halogens is 1. The summed E-state index contributed by atoms with van der Waals surface area (Å²) >= 11 is 5.99. The fraction of sp³-hybridized carbons (Fsp3) is 0.600. The van der Waals surface area contributed by atoms with Crippen LogP contribution in [0.5, 0.6) is 0 Å². The summed E-state index contributed by atoms with van der Waals surface area (Å²) in [6.45, 7) is 6.62. The van der Waals surface area contributed by atoms with Crippen LogP contribution >= 0.6 is 11.6 Å². The van der Waals surface area contributed by atoms with Gasteiger partial charge in [-0.3, -0.25) is 0 Å². The lowest BCUT2D eigenvalue weighted by Gasteiger charge is -2.28. The topological polar surface area (TPSA) is 20.2 Å². The molecule has 2 unspecified atom stereocenters. The van der Waals surface area contributed by atoms with E-state index in [4.69, 9.17) is 11.6 Å². The first kappa shape index (κ1) is 12.9. The Balaban J connectivity index is 2.18. The Morgan fingerprint density at radius 1 is 1.41 bits per heavy atom. The van der Waals surface area contributed by atoms with Crippen molar-refractivity contribution in [3.63, 3.8) is 0 Å². The standard InChI is InChI=1S/C15H21ClO/c1-11-8-14(2,3)10-15(11,17)9-12-5-4-6-13(16)7-12/h4-7,11,17H,8-10H2,1-3H3. The van der Waals surface area contributed by atoms with Gasteiger partial charge in [0.1, 0.15) is 0 Å². The van der Waals surface area contributed by atoms with Crippen LogP contribution in [0.3, 0.4) is 0 Å². The molecule has 1 aromatic carbocycles. The van der Waals surface area contributed by atoms with Crippen molar-refractivity contribution in [1.82, 2.24) is 0 Å². The summed E-state index contributed by atoms with van der Waals surface area (Å²) in [7, 11) is 0. The molecule has 2 atom stereocenters. The molecule has 2 rings (SSSR count). The summed E-state index contributed by atoms with van der Waals surface area (Å²) in [4.78, 5) is 0. The highest BCUT2D eigenvalue weighted by atomic mass is 35.5. The zero-order valence-corrected chi connectivity index (χ0v) is 11.6. The van der Waals surface area contributed by atoms with E-state index in [2.05, 4.69) is 20.8 Å². The van der Waals surface area contributed by atoms with Crippen molar-refractivity contribution in [2.45, 2.75) is 45.6 Å². The molecule has 1 aliphatic rings. The van der Waals surface area contributed by atoms with Crippen LogP contribution in [-0.4, -0.2) is 10.7 Å². The maximum absolute atomic E-state index is 10.8. The van der Waals surface area contributed by atoms with Crippen molar-refractivity contribution in [1.29, 1.82) is 0 Å². The third kappa shape index (κ3) is 2.83. The molecule has 0 aromatic heterocycles. The molecule has 0 spiro atoms. The third-order valence-electron chi connectivity index (χ3n) is 3.96. The quantitative estimate of drug-likeness (QED) is 0.841. The molecular weight excluding hydrogens is 232 g/mol. The average Bonchev–Trinajstić information content (AvgIpc) is 2.34. The van der Waals surface area contributed by atoms with Gasteiger partial charge < -0.3 is 5.11 Å². The monoisotopic (exact) mass is 252 g/mol. The molecule has 0 amide bonds. The van der Waals surface area contributed by atoms with Gasteiger partial charge in [-0.2, -0.15) is 0 Å². The summed E-state index contributed by atoms with van der Waals surface area (Å²) in [6.07, 6.45) is 2.66. The second-order valence-corrected chi connectivity index (χ2v) is 6.79. The third-order valence-corrected chi connectivity index (χ3v) is 4.20. The smallest absolute Gasteiger partial charge is 0.0718 e. The Bertz CT molecular complexity index is 413. The van der Waals surface area contributed by atoms with Gasteiger partial charge in [0.25, 0.3) is 0 Å². The molecule has 0 radical (unpaired) electrons. The number of hydrogen-bond donors (Lipinski definition) is 1. The van der Waals surface area contributed by atoms with Gasteiger partial charge in [0.2, 0.25) is 0 Å². The highest BCUT2D eigenvalue weighted by Crippen LogP contribution is 2.48. The lowest BCUT2D eigenvalue weighted by Crippen LogP contribution is -2.34. The van der Waals surface area contributed by atoms with E-state index in [1.807, 2.05) is 24.3 Å². The van der Waals surface area contributed by atoms with Gasteiger partial charge in [-0.1, -0.05) is 44.5 Å². The van der Waals surface area contributed by atoms with Gasteiger partial charge in [-0.15, -0.1) is 0 Å². The van der Waals surface area contributed by atoms with Crippen LogP contribution in [0.15, 0.2) is 24.3 Å². The van der Waals surface area contributed by atoms with Gasteiger partial charge in [-0.25, -0.2) is 0 Å². The Kier molecular flexibility index (Phi) is 3.26. The number of hydrogen-bond acceptors (Lipinski definition) is 1. The molecule has 0 heterocycles. The molecular formula is C15H21ClO. The minimum absolute atomic E-state index is 0.243. The first-order valence-corrected chi connectivity index (χ1v) is 6.65. The molecule has 0 bridgehead atoms. The number of benzene rings is 1. The van der Waals surface area contributed by atoms with Gasteiger partial charge >= 0.3 is 0 Å². The highest BCUT2D eigenvalue weighted by molar-refractivity contribution is 6.30. The van der Waals surface area contributed by atoms with E-state index in [0.29, 0.717) is 12.3 Å². The Labute approximate surface area is 109 Å². The summed E-state index contributed by atoms with van der Waals surface area (Å²) in [6, 6.07) is 7.82. The summed E-state index contributed by atoms with van der Waals surface area (Å²) in [5, 5.41) is 11.5. The predicted molar refractivity (Wildman–Crippen MR) is 72.3 cm³/mol. The largest absolute Gasteiger partial charge is 0.389 e. The molecule has 17 heavy (non-hydrogen) atoms. The van der Waals surface area contributed by atoms with Gasteiger partial charge in [0, 0.05) is 11.4 Å². The van der Waals surface area contributed by atoms with Gasteiger partial charge in [0.05, 0.1) is 5.60 Å². The molecule has 0 aliphatic heterocycles. The van der Waals surface area contributed by atoms with Crippen LogP contribution in [0.1, 0.15) is 39.2 Å². The first-order chi connectivity index (χ1) is 7.81. The highest BCUT2D eigenvalue weighted by Gasteiger charge is 2.47. The molecule has 1 fully saturated rings. The SMILES string of the molecule is CC1CC(C)(C)CC1(O)Cc1cccc(Cl)c1. The number of aliphatic hydroxyl groups is 1. The van der Waals surface area contributed by atoms with Crippen molar-refractivity contribution in [3.8, 4) is 0 Å². The van der Waals surface area contributed by atoms with Crippen LogP contribution in [-0.2, 0) is 6.42 Å². The fourth-order valence-corrected chi connectivity index (χ4v) is 3.54. The minimum Gasteiger partial charge on any atom is -0.389 e. The van der Waals surface area contributed by atoms with Crippen molar-refractivity contribution < 1.29 is 5.11 Å². The normalized spacial score (nSPS) is 31.7. The first-order valence-electron chi connectivity index (χ1n) is 6.28. The summed E-state index contributed by atoms with van der Waals surface area (Å²) in [5.74, 6) is 0.344. The van der Waals surface area contributed by atoms with Crippen LogP contribution in [0, 0.1) is 11.3 Å². The van der Waals surface area contributed by atoms with Crippen LogP contribution in [0.4, 0.5) is 0 Å². The molecule has 0 saturated heterocycles. The van der Waals surface area contributed by atoms with Crippen LogP contribution < -0.4 is 0 Å². The lowest BCUT2D eigenvalue weighted by atomic mass is 9.84. The lowest BCUT2D eigenvalue weighted by molar-refractivity contribution is 0.00446. The summed E-state index contributed by atoms with van der Waals surface area (Å²) < 4.78 is 0. The molecule has 2 heteroatoms. The van der Waals surface area contributed by atoms with Crippen LogP contribution in [0.2, 0.25) is 5.02 Å². The average molecular weight is 253 g/mol. The van der Waals surface area contributed by atoms with E-state index in [0.717, 1.165) is 23.4 Å².